The second-order valence-electron chi connectivity index (χ2n) is 7.01. The molecule has 1 fully saturated rings. The fourth-order valence-electron chi connectivity index (χ4n) is 3.19. The number of piperidine rings is 1. The number of carbonyl (C=O) groups is 1. The van der Waals surface area contributed by atoms with E-state index >= 15 is 0 Å². The summed E-state index contributed by atoms with van der Waals surface area (Å²) >= 11 is 0. The van der Waals surface area contributed by atoms with Crippen LogP contribution in [0, 0.1) is 5.92 Å². The van der Waals surface area contributed by atoms with Gasteiger partial charge in [0.05, 0.1) is 5.54 Å². The van der Waals surface area contributed by atoms with E-state index in [9.17, 15) is 4.79 Å². The lowest BCUT2D eigenvalue weighted by Crippen LogP contribution is -2.55. The van der Waals surface area contributed by atoms with E-state index in [2.05, 4.69) is 24.2 Å². The van der Waals surface area contributed by atoms with Crippen molar-refractivity contribution in [2.24, 2.45) is 5.92 Å². The number of rotatable bonds is 8. The first kappa shape index (κ1) is 18.4. The number of likely N-dealkylation sites (tertiary alicyclic amines) is 1. The Bertz CT molecular complexity index is 309. The molecule has 1 N–H and O–H groups in total. The van der Waals surface area contributed by atoms with Crippen LogP contribution >= 0.6 is 0 Å². The minimum absolute atomic E-state index is 0.252. The van der Waals surface area contributed by atoms with Crippen molar-refractivity contribution in [2.45, 2.75) is 58.9 Å². The van der Waals surface area contributed by atoms with E-state index in [1.54, 1.807) is 0 Å². The minimum Gasteiger partial charge on any atom is -0.341 e. The van der Waals surface area contributed by atoms with Crippen LogP contribution in [0.5, 0.6) is 0 Å². The van der Waals surface area contributed by atoms with E-state index in [-0.39, 0.29) is 5.91 Å². The SMILES string of the molecule is CCCCN(C)CC1CCN(C(=O)C(C)(C)NCC)CC1. The van der Waals surface area contributed by atoms with Gasteiger partial charge < -0.3 is 15.1 Å². The van der Waals surface area contributed by atoms with Gasteiger partial charge in [0.2, 0.25) is 5.91 Å². The van der Waals surface area contributed by atoms with E-state index in [1.165, 1.54) is 25.9 Å². The smallest absolute Gasteiger partial charge is 0.242 e. The molecular weight excluding hydrogens is 262 g/mol. The van der Waals surface area contributed by atoms with Crippen LogP contribution in [0.15, 0.2) is 0 Å². The Kier molecular flexibility index (Phi) is 7.67. The van der Waals surface area contributed by atoms with Crippen molar-refractivity contribution in [1.82, 2.24) is 15.1 Å². The monoisotopic (exact) mass is 297 g/mol. The number of unbranched alkanes of at least 4 members (excludes halogenated alkanes) is 1. The maximum absolute atomic E-state index is 12.5. The van der Waals surface area contributed by atoms with E-state index < -0.39 is 5.54 Å². The number of likely N-dealkylation sites (N-methyl/N-ethyl adjacent to an activating group) is 1. The van der Waals surface area contributed by atoms with Gasteiger partial charge in [-0.1, -0.05) is 20.3 Å². The average molecular weight is 297 g/mol. The van der Waals surface area contributed by atoms with Gasteiger partial charge in [0, 0.05) is 19.6 Å². The summed E-state index contributed by atoms with van der Waals surface area (Å²) in [5, 5.41) is 3.29. The predicted octanol–water partition coefficient (Wildman–Crippen LogP) is 2.34. The molecule has 1 aliphatic heterocycles. The summed E-state index contributed by atoms with van der Waals surface area (Å²) < 4.78 is 0. The zero-order valence-electron chi connectivity index (χ0n) is 14.7. The number of amides is 1. The molecular formula is C17H35N3O. The van der Waals surface area contributed by atoms with Crippen LogP contribution in [-0.4, -0.2) is 61.0 Å². The molecule has 0 radical (unpaired) electrons. The summed E-state index contributed by atoms with van der Waals surface area (Å²) in [5.41, 5.74) is -0.431. The molecule has 0 unspecified atom stereocenters. The van der Waals surface area contributed by atoms with Gasteiger partial charge in [0.15, 0.2) is 0 Å². The number of carbonyl (C=O) groups excluding carboxylic acids is 1. The fraction of sp³-hybridized carbons (Fsp3) is 0.941. The quantitative estimate of drug-likeness (QED) is 0.747. The molecule has 0 saturated carbocycles. The maximum atomic E-state index is 12.5. The van der Waals surface area contributed by atoms with Crippen molar-refractivity contribution in [1.29, 1.82) is 0 Å². The van der Waals surface area contributed by atoms with Crippen molar-refractivity contribution in [3.63, 3.8) is 0 Å². The van der Waals surface area contributed by atoms with Gasteiger partial charge in [0.25, 0.3) is 0 Å². The Hall–Kier alpha value is -0.610. The Balaban J connectivity index is 2.36. The summed E-state index contributed by atoms with van der Waals surface area (Å²) in [7, 11) is 2.22. The topological polar surface area (TPSA) is 35.6 Å². The van der Waals surface area contributed by atoms with Crippen molar-refractivity contribution in [3.05, 3.63) is 0 Å². The predicted molar refractivity (Wildman–Crippen MR) is 89.5 cm³/mol. The molecule has 0 aromatic carbocycles. The van der Waals surface area contributed by atoms with Crippen LogP contribution in [0.25, 0.3) is 0 Å². The number of nitrogens with one attached hydrogen (secondary N) is 1. The molecule has 1 heterocycles. The first-order valence-corrected chi connectivity index (χ1v) is 8.63. The third kappa shape index (κ3) is 5.95. The molecule has 4 nitrogen and oxygen atoms in total. The third-order valence-electron chi connectivity index (χ3n) is 4.52. The van der Waals surface area contributed by atoms with Crippen molar-refractivity contribution in [3.8, 4) is 0 Å². The molecule has 21 heavy (non-hydrogen) atoms. The van der Waals surface area contributed by atoms with Crippen molar-refractivity contribution >= 4 is 5.91 Å². The Morgan fingerprint density at radius 2 is 1.90 bits per heavy atom. The molecule has 0 spiro atoms. The van der Waals surface area contributed by atoms with E-state index in [4.69, 9.17) is 0 Å². The lowest BCUT2D eigenvalue weighted by molar-refractivity contribution is -0.138. The Morgan fingerprint density at radius 3 is 2.43 bits per heavy atom. The summed E-state index contributed by atoms with van der Waals surface area (Å²) in [6.45, 7) is 13.3. The van der Waals surface area contributed by atoms with Crippen molar-refractivity contribution < 1.29 is 4.79 Å². The van der Waals surface area contributed by atoms with Crippen LogP contribution in [0.2, 0.25) is 0 Å². The van der Waals surface area contributed by atoms with Crippen LogP contribution in [-0.2, 0) is 4.79 Å². The van der Waals surface area contributed by atoms with E-state index in [0.29, 0.717) is 0 Å². The zero-order valence-corrected chi connectivity index (χ0v) is 14.7. The lowest BCUT2D eigenvalue weighted by Gasteiger charge is -2.38. The summed E-state index contributed by atoms with van der Waals surface area (Å²) in [6.07, 6.45) is 4.83. The molecule has 0 aromatic rings. The highest BCUT2D eigenvalue weighted by Crippen LogP contribution is 2.20. The highest BCUT2D eigenvalue weighted by Gasteiger charge is 2.33. The molecule has 0 atom stereocenters. The van der Waals surface area contributed by atoms with Crippen LogP contribution in [0.1, 0.15) is 53.4 Å². The maximum Gasteiger partial charge on any atom is 0.242 e. The Morgan fingerprint density at radius 1 is 1.29 bits per heavy atom. The normalized spacial score (nSPS) is 17.5. The summed E-state index contributed by atoms with van der Waals surface area (Å²) in [6, 6.07) is 0. The van der Waals surface area contributed by atoms with Crippen LogP contribution in [0.3, 0.4) is 0 Å². The molecule has 1 rings (SSSR count). The number of hydrogen-bond acceptors (Lipinski definition) is 3. The van der Waals surface area contributed by atoms with E-state index in [1.807, 2.05) is 25.7 Å². The highest BCUT2D eigenvalue weighted by atomic mass is 16.2. The average Bonchev–Trinajstić information content (AvgIpc) is 2.45. The molecule has 0 aliphatic carbocycles. The van der Waals surface area contributed by atoms with Gasteiger partial charge >= 0.3 is 0 Å². The molecule has 1 amide bonds. The Labute approximate surface area is 131 Å². The van der Waals surface area contributed by atoms with Crippen LogP contribution < -0.4 is 5.32 Å². The van der Waals surface area contributed by atoms with Gasteiger partial charge in [-0.05, 0) is 59.2 Å². The fourth-order valence-corrected chi connectivity index (χ4v) is 3.19. The van der Waals surface area contributed by atoms with Gasteiger partial charge in [-0.2, -0.15) is 0 Å². The van der Waals surface area contributed by atoms with Gasteiger partial charge in [-0.25, -0.2) is 0 Å². The zero-order chi connectivity index (χ0) is 15.9. The van der Waals surface area contributed by atoms with Gasteiger partial charge in [0.1, 0.15) is 0 Å². The molecule has 0 aromatic heterocycles. The standard InChI is InChI=1S/C17H35N3O/c1-6-8-11-19(5)14-15-9-12-20(13-10-15)16(21)17(3,4)18-7-2/h15,18H,6-14H2,1-5H3. The molecule has 1 aliphatic rings. The molecule has 1 saturated heterocycles. The second kappa shape index (κ2) is 8.74. The first-order chi connectivity index (χ1) is 9.90. The minimum atomic E-state index is -0.431. The van der Waals surface area contributed by atoms with Crippen molar-refractivity contribution in [2.75, 3.05) is 39.8 Å². The summed E-state index contributed by atoms with van der Waals surface area (Å²) in [5.74, 6) is 1.00. The molecule has 0 bridgehead atoms. The second-order valence-corrected chi connectivity index (χ2v) is 7.01. The number of hydrogen-bond donors (Lipinski definition) is 1. The molecule has 4 heteroatoms. The van der Waals surface area contributed by atoms with Gasteiger partial charge in [-0.3, -0.25) is 4.79 Å². The first-order valence-electron chi connectivity index (χ1n) is 8.63. The number of nitrogens with zero attached hydrogens (tertiary/aromatic N) is 2. The van der Waals surface area contributed by atoms with Crippen LogP contribution in [0.4, 0.5) is 0 Å². The summed E-state index contributed by atoms with van der Waals surface area (Å²) in [4.78, 5) is 17.0. The highest BCUT2D eigenvalue weighted by molar-refractivity contribution is 5.85. The van der Waals surface area contributed by atoms with E-state index in [0.717, 1.165) is 38.4 Å². The largest absolute Gasteiger partial charge is 0.341 e. The third-order valence-corrected chi connectivity index (χ3v) is 4.52. The lowest BCUT2D eigenvalue weighted by atomic mass is 9.94. The van der Waals surface area contributed by atoms with Gasteiger partial charge in [-0.15, -0.1) is 0 Å². The molecule has 124 valence electrons.